The van der Waals surface area contributed by atoms with Crippen LogP contribution in [-0.2, 0) is 6.61 Å². The minimum Gasteiger partial charge on any atom is -0.487 e. The fourth-order valence-electron chi connectivity index (χ4n) is 1.41. The average Bonchev–Trinajstić information content (AvgIpc) is 2.38. The molecule has 2 aromatic rings. The van der Waals surface area contributed by atoms with Gasteiger partial charge in [0.1, 0.15) is 24.2 Å². The van der Waals surface area contributed by atoms with E-state index in [-0.39, 0.29) is 0 Å². The van der Waals surface area contributed by atoms with Gasteiger partial charge in [0.15, 0.2) is 0 Å². The maximum atomic E-state index is 8.90. The van der Waals surface area contributed by atoms with E-state index in [1.54, 1.807) is 30.5 Å². The first kappa shape index (κ1) is 11.0. The van der Waals surface area contributed by atoms with Crippen LogP contribution in [0.2, 0.25) is 0 Å². The van der Waals surface area contributed by atoms with Gasteiger partial charge in [0.2, 0.25) is 0 Å². The number of nitriles is 1. The number of anilines is 1. The highest BCUT2D eigenvalue weighted by molar-refractivity contribution is 5.43. The molecule has 0 atom stereocenters. The van der Waals surface area contributed by atoms with Crippen LogP contribution in [0.3, 0.4) is 0 Å². The van der Waals surface area contributed by atoms with Gasteiger partial charge in [-0.25, -0.2) is 4.98 Å². The van der Waals surface area contributed by atoms with Gasteiger partial charge in [0.05, 0.1) is 5.56 Å². The first-order chi connectivity index (χ1) is 8.31. The second kappa shape index (κ2) is 4.99. The molecule has 0 amide bonds. The number of hydrogen-bond acceptors (Lipinski definition) is 4. The van der Waals surface area contributed by atoms with E-state index in [9.17, 15) is 0 Å². The van der Waals surface area contributed by atoms with E-state index >= 15 is 0 Å². The summed E-state index contributed by atoms with van der Waals surface area (Å²) in [5.41, 5.74) is 7.01. The molecular weight excluding hydrogens is 214 g/mol. The molecule has 2 N–H and O–H groups in total. The van der Waals surface area contributed by atoms with Gasteiger partial charge in [-0.05, 0) is 18.2 Å². The number of nitrogens with two attached hydrogens (primary N) is 1. The summed E-state index contributed by atoms with van der Waals surface area (Å²) in [6.45, 7) is 0.304. The van der Waals surface area contributed by atoms with Gasteiger partial charge in [0, 0.05) is 11.8 Å². The molecule has 0 fully saturated rings. The molecule has 0 bridgehead atoms. The Morgan fingerprint density at radius 2 is 2.06 bits per heavy atom. The minimum atomic E-state index is 0.304. The highest BCUT2D eigenvalue weighted by Crippen LogP contribution is 2.19. The predicted molar refractivity (Wildman–Crippen MR) is 64.1 cm³/mol. The Balaban J connectivity index is 2.13. The second-order valence-electron chi connectivity index (χ2n) is 3.44. The number of ether oxygens (including phenoxy) is 1. The third-order valence-corrected chi connectivity index (χ3v) is 2.32. The zero-order valence-corrected chi connectivity index (χ0v) is 9.13. The molecule has 84 valence electrons. The third-order valence-electron chi connectivity index (χ3n) is 2.32. The average molecular weight is 225 g/mol. The Morgan fingerprint density at radius 1 is 1.24 bits per heavy atom. The normalized spacial score (nSPS) is 9.59. The predicted octanol–water partition coefficient (Wildman–Crippen LogP) is 2.11. The Labute approximate surface area is 99.3 Å². The Kier molecular flexibility index (Phi) is 3.22. The van der Waals surface area contributed by atoms with E-state index in [2.05, 4.69) is 11.1 Å². The summed E-state index contributed by atoms with van der Waals surface area (Å²) in [5.74, 6) is 1.00. The molecular formula is C13H11N3O. The van der Waals surface area contributed by atoms with E-state index in [0.29, 0.717) is 23.7 Å². The van der Waals surface area contributed by atoms with E-state index in [0.717, 1.165) is 5.56 Å². The lowest BCUT2D eigenvalue weighted by Gasteiger charge is -2.08. The van der Waals surface area contributed by atoms with Crippen molar-refractivity contribution in [2.75, 3.05) is 5.73 Å². The molecule has 0 aliphatic rings. The van der Waals surface area contributed by atoms with Gasteiger partial charge in [-0.1, -0.05) is 18.2 Å². The van der Waals surface area contributed by atoms with Crippen molar-refractivity contribution < 1.29 is 4.74 Å². The van der Waals surface area contributed by atoms with Gasteiger partial charge >= 0.3 is 0 Å². The van der Waals surface area contributed by atoms with Gasteiger partial charge < -0.3 is 10.5 Å². The summed E-state index contributed by atoms with van der Waals surface area (Å²) < 4.78 is 5.55. The monoisotopic (exact) mass is 225 g/mol. The quantitative estimate of drug-likeness (QED) is 0.868. The Hall–Kier alpha value is -2.54. The molecule has 0 spiro atoms. The number of hydrogen-bond donors (Lipinski definition) is 1. The van der Waals surface area contributed by atoms with E-state index in [1.807, 2.05) is 12.1 Å². The van der Waals surface area contributed by atoms with Crippen LogP contribution in [0.5, 0.6) is 5.75 Å². The number of aromatic nitrogens is 1. The molecule has 4 nitrogen and oxygen atoms in total. The molecule has 17 heavy (non-hydrogen) atoms. The highest BCUT2D eigenvalue weighted by Gasteiger charge is 2.04. The zero-order valence-electron chi connectivity index (χ0n) is 9.13. The van der Waals surface area contributed by atoms with Crippen molar-refractivity contribution in [3.63, 3.8) is 0 Å². The standard InChI is InChI=1S/C13H11N3O/c14-8-10-4-1-2-6-12(10)17-9-11-5-3-7-16-13(11)15/h1-7H,9H2,(H2,15,16). The fourth-order valence-corrected chi connectivity index (χ4v) is 1.41. The SMILES string of the molecule is N#Cc1ccccc1OCc1cccnc1N. The van der Waals surface area contributed by atoms with Crippen LogP contribution in [0.25, 0.3) is 0 Å². The first-order valence-electron chi connectivity index (χ1n) is 5.12. The Morgan fingerprint density at radius 3 is 2.82 bits per heavy atom. The minimum absolute atomic E-state index is 0.304. The summed E-state index contributed by atoms with van der Waals surface area (Å²) in [7, 11) is 0. The number of nitrogens with zero attached hydrogens (tertiary/aromatic N) is 2. The van der Waals surface area contributed by atoms with Crippen LogP contribution in [0.15, 0.2) is 42.6 Å². The lowest BCUT2D eigenvalue weighted by Crippen LogP contribution is -2.02. The molecule has 2 rings (SSSR count). The summed E-state index contributed by atoms with van der Waals surface area (Å²) in [6, 6.07) is 12.8. The molecule has 0 unspecified atom stereocenters. The zero-order chi connectivity index (χ0) is 12.1. The van der Waals surface area contributed by atoms with Crippen LogP contribution in [0.4, 0.5) is 5.82 Å². The molecule has 1 heterocycles. The number of benzene rings is 1. The fraction of sp³-hybridized carbons (Fsp3) is 0.0769. The summed E-state index contributed by atoms with van der Waals surface area (Å²) >= 11 is 0. The van der Waals surface area contributed by atoms with Crippen molar-refractivity contribution in [2.24, 2.45) is 0 Å². The summed E-state index contributed by atoms with van der Waals surface area (Å²) in [6.07, 6.45) is 1.63. The van der Waals surface area contributed by atoms with Crippen molar-refractivity contribution in [2.45, 2.75) is 6.61 Å². The van der Waals surface area contributed by atoms with Crippen molar-refractivity contribution in [3.05, 3.63) is 53.7 Å². The van der Waals surface area contributed by atoms with Crippen molar-refractivity contribution in [3.8, 4) is 11.8 Å². The number of pyridine rings is 1. The van der Waals surface area contributed by atoms with Crippen molar-refractivity contribution in [1.82, 2.24) is 4.98 Å². The molecule has 0 radical (unpaired) electrons. The van der Waals surface area contributed by atoms with E-state index in [1.165, 1.54) is 0 Å². The molecule has 0 aliphatic heterocycles. The number of para-hydroxylation sites is 1. The van der Waals surface area contributed by atoms with Crippen LogP contribution in [0, 0.1) is 11.3 Å². The Bertz CT molecular complexity index is 561. The van der Waals surface area contributed by atoms with Crippen molar-refractivity contribution in [1.29, 1.82) is 5.26 Å². The lowest BCUT2D eigenvalue weighted by atomic mass is 10.2. The molecule has 1 aromatic heterocycles. The highest BCUT2D eigenvalue weighted by atomic mass is 16.5. The van der Waals surface area contributed by atoms with E-state index in [4.69, 9.17) is 15.7 Å². The smallest absolute Gasteiger partial charge is 0.137 e. The first-order valence-corrected chi connectivity index (χ1v) is 5.12. The molecule has 4 heteroatoms. The number of nitrogen functional groups attached to an aromatic ring is 1. The largest absolute Gasteiger partial charge is 0.487 e. The van der Waals surface area contributed by atoms with Crippen LogP contribution in [0.1, 0.15) is 11.1 Å². The topological polar surface area (TPSA) is 71.9 Å². The number of rotatable bonds is 3. The summed E-state index contributed by atoms with van der Waals surface area (Å²) in [5, 5.41) is 8.90. The molecule has 0 saturated carbocycles. The van der Waals surface area contributed by atoms with Crippen LogP contribution in [-0.4, -0.2) is 4.98 Å². The van der Waals surface area contributed by atoms with Gasteiger partial charge in [-0.15, -0.1) is 0 Å². The molecule has 0 aliphatic carbocycles. The van der Waals surface area contributed by atoms with Crippen LogP contribution >= 0.6 is 0 Å². The van der Waals surface area contributed by atoms with Crippen LogP contribution < -0.4 is 10.5 Å². The summed E-state index contributed by atoms with van der Waals surface area (Å²) in [4.78, 5) is 3.97. The second-order valence-corrected chi connectivity index (χ2v) is 3.44. The third kappa shape index (κ3) is 2.52. The maximum Gasteiger partial charge on any atom is 0.137 e. The molecule has 0 saturated heterocycles. The van der Waals surface area contributed by atoms with Gasteiger partial charge in [0.25, 0.3) is 0 Å². The van der Waals surface area contributed by atoms with Crippen molar-refractivity contribution >= 4 is 5.82 Å². The molecule has 1 aromatic carbocycles. The lowest BCUT2D eigenvalue weighted by molar-refractivity contribution is 0.305. The maximum absolute atomic E-state index is 8.90. The van der Waals surface area contributed by atoms with Gasteiger partial charge in [-0.3, -0.25) is 0 Å². The van der Waals surface area contributed by atoms with E-state index < -0.39 is 0 Å². The van der Waals surface area contributed by atoms with Gasteiger partial charge in [-0.2, -0.15) is 5.26 Å².